The zero-order valence-corrected chi connectivity index (χ0v) is 8.87. The minimum Gasteiger partial charge on any atom is -0.304 e. The predicted molar refractivity (Wildman–Crippen MR) is 59.4 cm³/mol. The Balaban J connectivity index is 1.97. The lowest BCUT2D eigenvalue weighted by Crippen LogP contribution is -2.21. The Morgan fingerprint density at radius 3 is 2.77 bits per heavy atom. The number of rotatable bonds is 2. The van der Waals surface area contributed by atoms with Gasteiger partial charge in [-0.15, -0.1) is 11.8 Å². The number of benzene rings is 1. The van der Waals surface area contributed by atoms with Crippen LogP contribution in [0.5, 0.6) is 0 Å². The van der Waals surface area contributed by atoms with E-state index in [0.29, 0.717) is 5.37 Å². The monoisotopic (exact) mass is 213 g/mol. The molecule has 70 valence electrons. The van der Waals surface area contributed by atoms with Crippen LogP contribution in [0.1, 0.15) is 5.56 Å². The summed E-state index contributed by atoms with van der Waals surface area (Å²) in [5.41, 5.74) is 1.36. The summed E-state index contributed by atoms with van der Waals surface area (Å²) < 4.78 is 0. The summed E-state index contributed by atoms with van der Waals surface area (Å²) in [5, 5.41) is 4.86. The third kappa shape index (κ3) is 2.63. The maximum Gasteiger partial charge on any atom is 0.0573 e. The van der Waals surface area contributed by atoms with Gasteiger partial charge in [0.1, 0.15) is 0 Å². The van der Waals surface area contributed by atoms with E-state index in [-0.39, 0.29) is 0 Å². The van der Waals surface area contributed by atoms with Gasteiger partial charge in [0.2, 0.25) is 0 Å². The molecule has 1 aliphatic rings. The summed E-state index contributed by atoms with van der Waals surface area (Å²) in [7, 11) is 0. The fourth-order valence-electron chi connectivity index (χ4n) is 1.45. The number of hydrogen-bond acceptors (Lipinski definition) is 2. The smallest absolute Gasteiger partial charge is 0.0573 e. The van der Waals surface area contributed by atoms with Crippen LogP contribution in [0.4, 0.5) is 0 Å². The first-order valence-electron chi connectivity index (χ1n) is 4.44. The van der Waals surface area contributed by atoms with Gasteiger partial charge < -0.3 is 5.32 Å². The largest absolute Gasteiger partial charge is 0.304 e. The van der Waals surface area contributed by atoms with Gasteiger partial charge in [0.25, 0.3) is 0 Å². The van der Waals surface area contributed by atoms with Crippen LogP contribution in [0.25, 0.3) is 0 Å². The van der Waals surface area contributed by atoms with Crippen LogP contribution in [-0.2, 0) is 6.42 Å². The van der Waals surface area contributed by atoms with E-state index in [1.54, 1.807) is 0 Å². The van der Waals surface area contributed by atoms with Crippen molar-refractivity contribution in [1.29, 1.82) is 0 Å². The molecule has 3 heteroatoms. The zero-order valence-electron chi connectivity index (χ0n) is 7.29. The van der Waals surface area contributed by atoms with Crippen molar-refractivity contribution >= 4 is 23.4 Å². The lowest BCUT2D eigenvalue weighted by molar-refractivity contribution is 0.707. The molecule has 1 unspecified atom stereocenters. The average molecular weight is 214 g/mol. The van der Waals surface area contributed by atoms with E-state index >= 15 is 0 Å². The summed E-state index contributed by atoms with van der Waals surface area (Å²) in [4.78, 5) is 0. The van der Waals surface area contributed by atoms with Crippen molar-refractivity contribution in [2.24, 2.45) is 0 Å². The Bertz CT molecular complexity index is 267. The topological polar surface area (TPSA) is 12.0 Å². The second kappa shape index (κ2) is 4.36. The molecule has 0 bridgehead atoms. The van der Waals surface area contributed by atoms with Gasteiger partial charge in [0.05, 0.1) is 5.37 Å². The summed E-state index contributed by atoms with van der Waals surface area (Å²) in [6, 6.07) is 8.11. The van der Waals surface area contributed by atoms with Crippen LogP contribution in [-0.4, -0.2) is 17.7 Å². The van der Waals surface area contributed by atoms with Crippen molar-refractivity contribution in [2.75, 3.05) is 12.3 Å². The molecule has 2 rings (SSSR count). The van der Waals surface area contributed by atoms with Crippen molar-refractivity contribution < 1.29 is 0 Å². The van der Waals surface area contributed by atoms with E-state index < -0.39 is 0 Å². The second-order valence-electron chi connectivity index (χ2n) is 3.14. The first-order valence-corrected chi connectivity index (χ1v) is 5.87. The molecule has 1 aromatic rings. The van der Waals surface area contributed by atoms with E-state index in [1.807, 2.05) is 23.9 Å². The van der Waals surface area contributed by atoms with Gasteiger partial charge in [-0.25, -0.2) is 0 Å². The molecule has 1 N–H and O–H groups in total. The summed E-state index contributed by atoms with van der Waals surface area (Å²) in [6.07, 6.45) is 1.10. The van der Waals surface area contributed by atoms with Gasteiger partial charge in [0, 0.05) is 17.3 Å². The molecule has 1 aromatic carbocycles. The van der Waals surface area contributed by atoms with Gasteiger partial charge in [-0.05, 0) is 24.1 Å². The van der Waals surface area contributed by atoms with Crippen LogP contribution < -0.4 is 5.32 Å². The van der Waals surface area contributed by atoms with Crippen LogP contribution in [0.2, 0.25) is 5.02 Å². The molecule has 13 heavy (non-hydrogen) atoms. The highest BCUT2D eigenvalue weighted by atomic mass is 35.5. The minimum absolute atomic E-state index is 0.598. The first-order chi connectivity index (χ1) is 6.34. The fourth-order valence-corrected chi connectivity index (χ4v) is 2.64. The van der Waals surface area contributed by atoms with E-state index in [1.165, 1.54) is 11.3 Å². The molecule has 0 aromatic heterocycles. The van der Waals surface area contributed by atoms with Crippen LogP contribution >= 0.6 is 23.4 Å². The Kier molecular flexibility index (Phi) is 3.14. The normalized spacial score (nSPS) is 22.1. The Morgan fingerprint density at radius 1 is 1.38 bits per heavy atom. The van der Waals surface area contributed by atoms with Crippen LogP contribution in [0.15, 0.2) is 24.3 Å². The summed E-state index contributed by atoms with van der Waals surface area (Å²) >= 11 is 7.80. The Labute approximate surface area is 87.9 Å². The van der Waals surface area contributed by atoms with E-state index in [4.69, 9.17) is 11.6 Å². The molecular formula is C10H12ClNS. The Hall–Kier alpha value is -0.180. The highest BCUT2D eigenvalue weighted by Gasteiger charge is 2.14. The van der Waals surface area contributed by atoms with Crippen molar-refractivity contribution in [3.63, 3.8) is 0 Å². The molecule has 1 fully saturated rings. The van der Waals surface area contributed by atoms with Crippen molar-refractivity contribution in [3.8, 4) is 0 Å². The third-order valence-electron chi connectivity index (χ3n) is 2.13. The second-order valence-corrected chi connectivity index (χ2v) is 4.89. The van der Waals surface area contributed by atoms with Gasteiger partial charge in [-0.3, -0.25) is 0 Å². The zero-order chi connectivity index (χ0) is 9.10. The molecule has 1 heterocycles. The lowest BCUT2D eigenvalue weighted by atomic mass is 10.1. The number of halogens is 1. The molecule has 1 atom stereocenters. The summed E-state index contributed by atoms with van der Waals surface area (Å²) in [5.74, 6) is 1.23. The van der Waals surface area contributed by atoms with Gasteiger partial charge >= 0.3 is 0 Å². The van der Waals surface area contributed by atoms with E-state index in [9.17, 15) is 0 Å². The lowest BCUT2D eigenvalue weighted by Gasteiger charge is -2.08. The fraction of sp³-hybridized carbons (Fsp3) is 0.400. The maximum atomic E-state index is 5.81. The maximum absolute atomic E-state index is 5.81. The molecular weight excluding hydrogens is 202 g/mol. The SMILES string of the molecule is Clc1ccc(CC2NCCS2)cc1. The minimum atomic E-state index is 0.598. The Morgan fingerprint density at radius 2 is 2.15 bits per heavy atom. The number of thioether (sulfide) groups is 1. The predicted octanol–water partition coefficient (Wildman–Crippen LogP) is 2.55. The average Bonchev–Trinajstić information content (AvgIpc) is 2.62. The number of nitrogens with one attached hydrogen (secondary N) is 1. The highest BCUT2D eigenvalue weighted by Crippen LogP contribution is 2.19. The van der Waals surface area contributed by atoms with Gasteiger partial charge in [0.15, 0.2) is 0 Å². The molecule has 0 aliphatic carbocycles. The number of hydrogen-bond donors (Lipinski definition) is 1. The summed E-state index contributed by atoms with van der Waals surface area (Å²) in [6.45, 7) is 1.14. The third-order valence-corrected chi connectivity index (χ3v) is 3.55. The molecule has 1 nitrogen and oxygen atoms in total. The van der Waals surface area contributed by atoms with Crippen LogP contribution in [0.3, 0.4) is 0 Å². The molecule has 0 spiro atoms. The molecule has 0 saturated carbocycles. The van der Waals surface area contributed by atoms with E-state index in [0.717, 1.165) is 18.0 Å². The molecule has 0 amide bonds. The van der Waals surface area contributed by atoms with Crippen LogP contribution in [0, 0.1) is 0 Å². The standard InChI is InChI=1S/C10H12ClNS/c11-9-3-1-8(2-4-9)7-10-12-5-6-13-10/h1-4,10,12H,5-7H2. The van der Waals surface area contributed by atoms with Crippen molar-refractivity contribution in [3.05, 3.63) is 34.9 Å². The van der Waals surface area contributed by atoms with Crippen molar-refractivity contribution in [2.45, 2.75) is 11.8 Å². The molecule has 0 radical (unpaired) electrons. The van der Waals surface area contributed by atoms with Crippen molar-refractivity contribution in [1.82, 2.24) is 5.32 Å². The molecule has 1 aliphatic heterocycles. The van der Waals surface area contributed by atoms with Gasteiger partial charge in [-0.1, -0.05) is 23.7 Å². The first kappa shape index (κ1) is 9.38. The van der Waals surface area contributed by atoms with Gasteiger partial charge in [-0.2, -0.15) is 0 Å². The van der Waals surface area contributed by atoms with E-state index in [2.05, 4.69) is 17.4 Å². The quantitative estimate of drug-likeness (QED) is 0.811. The molecule has 1 saturated heterocycles. The highest BCUT2D eigenvalue weighted by molar-refractivity contribution is 8.00.